The van der Waals surface area contributed by atoms with Gasteiger partial charge in [-0.3, -0.25) is 45.1 Å². The smallest absolute Gasteiger partial charge is 0.229 e. The van der Waals surface area contributed by atoms with Crippen molar-refractivity contribution in [3.8, 4) is 90.6 Å². The molecule has 0 radical (unpaired) electrons. The number of carbonyl (C=O) groups is 1. The zero-order valence-electron chi connectivity index (χ0n) is 59.4. The van der Waals surface area contributed by atoms with Crippen LogP contribution in [0.25, 0.3) is 178 Å². The fourth-order valence-corrected chi connectivity index (χ4v) is 12.9. The first kappa shape index (κ1) is 66.4. The fraction of sp³-hybridized carbons (Fsp3) is 0.0833. The van der Waals surface area contributed by atoms with E-state index in [2.05, 4.69) is 161 Å². The Morgan fingerprint density at radius 3 is 1.14 bits per heavy atom. The summed E-state index contributed by atoms with van der Waals surface area (Å²) in [4.78, 5) is 63.6. The molecular weight excluding hydrogens is 1350 g/mol. The van der Waals surface area contributed by atoms with Crippen molar-refractivity contribution in [1.29, 1.82) is 0 Å². The van der Waals surface area contributed by atoms with E-state index in [0.717, 1.165) is 178 Å². The van der Waals surface area contributed by atoms with E-state index in [1.165, 1.54) is 5.56 Å². The third-order valence-corrected chi connectivity index (χ3v) is 18.7. The van der Waals surface area contributed by atoms with Crippen LogP contribution in [0.15, 0.2) is 244 Å². The highest BCUT2D eigenvalue weighted by molar-refractivity contribution is 6.01. The van der Waals surface area contributed by atoms with Gasteiger partial charge < -0.3 is 35.9 Å². The Kier molecular flexibility index (Phi) is 17.1. The van der Waals surface area contributed by atoms with Gasteiger partial charge in [0.2, 0.25) is 5.91 Å². The second kappa shape index (κ2) is 27.8. The van der Waals surface area contributed by atoms with Crippen LogP contribution < -0.4 is 16.0 Å². The molecule has 11 N–H and O–H groups in total. The number of para-hydroxylation sites is 8. The van der Waals surface area contributed by atoms with Gasteiger partial charge in [-0.25, -0.2) is 19.9 Å². The average Bonchev–Trinajstić information content (AvgIpc) is 1.68. The van der Waals surface area contributed by atoms with Gasteiger partial charge in [-0.2, -0.15) is 20.4 Å². The standard InChI is InChI=1S/C24H22N6O.C21H18N6.C20H15N5.C19H14N6/c1-24(2,3)23(31)26-16-10-15(12-25-13-16)14-8-9-18-17(11-14)21(30-29-18)22-27-19-6-4-5-7-20(19)28-22;1-27(2)15-9-14(11-22-12-15)13-7-8-17-16(10-13)20(26-25-17)21-23-18-5-3-4-6-19(18)24-21;1-12-8-9-21-11-15(12)13-6-7-16-14(10-13)19(25-24-16)20-22-17-4-2-3-5-18(17)23-20;20-13-7-12(9-21-10-13)11-5-6-15-14(8-11)18(25-24-15)19-22-16-3-1-2-4-17(16)23-19/h4-13H,1-3H3,(H,26,31)(H,27,28)(H,29,30);3-12H,1-2H3,(H,23,24)(H,25,26);2-11H,1H3,(H,22,23)(H,24,25);1-10H,20H2,(H,22,23)(H,24,25). The van der Waals surface area contributed by atoms with Crippen LogP contribution in [0.2, 0.25) is 0 Å². The van der Waals surface area contributed by atoms with Gasteiger partial charge in [0.1, 0.15) is 22.8 Å². The van der Waals surface area contributed by atoms with Crippen molar-refractivity contribution in [2.24, 2.45) is 5.41 Å². The number of fused-ring (bicyclic) bond motifs is 8. The average molecular weight is 1420 g/mol. The Morgan fingerprint density at radius 1 is 0.380 bits per heavy atom. The van der Waals surface area contributed by atoms with Gasteiger partial charge in [0.05, 0.1) is 95.7 Å². The van der Waals surface area contributed by atoms with Crippen LogP contribution in [-0.4, -0.2) is 121 Å². The van der Waals surface area contributed by atoms with Crippen molar-refractivity contribution in [3.05, 3.63) is 249 Å². The van der Waals surface area contributed by atoms with E-state index < -0.39 is 5.41 Å². The number of nitrogens with two attached hydrogens (primary N) is 1. The minimum atomic E-state index is -0.479. The number of nitrogens with one attached hydrogen (secondary N) is 9. The second-order valence-electron chi connectivity index (χ2n) is 27.4. The molecule has 108 heavy (non-hydrogen) atoms. The highest BCUT2D eigenvalue weighted by Crippen LogP contribution is 2.37. The molecule has 0 aliphatic carbocycles. The lowest BCUT2D eigenvalue weighted by Crippen LogP contribution is -2.27. The topological polar surface area (TPSA) is 339 Å². The number of H-pyrrole nitrogens is 8. The normalized spacial score (nSPS) is 11.5. The van der Waals surface area contributed by atoms with E-state index >= 15 is 0 Å². The number of benzene rings is 8. The van der Waals surface area contributed by atoms with Crippen LogP contribution in [0.1, 0.15) is 26.3 Å². The third kappa shape index (κ3) is 13.3. The summed E-state index contributed by atoms with van der Waals surface area (Å²) in [5.41, 5.74) is 32.0. The van der Waals surface area contributed by atoms with Crippen LogP contribution >= 0.6 is 0 Å². The SMILES string of the molecule is CC(C)(C)C(=O)Nc1cncc(-c2ccc3[nH]nc(-c4nc5ccccc5[nH]4)c3c2)c1.CN(C)c1cncc(-c2ccc3[nH]nc(-c4nc5ccccc5[nH]4)c3c2)c1.Cc1ccncc1-c1ccc2[nH]nc(-c3nc4ccccc4[nH]3)c2c1.Nc1cncc(-c2ccc3[nH]nc(-c4nc5ccccc5[nH]4)c3c2)c1. The van der Waals surface area contributed by atoms with E-state index in [9.17, 15) is 4.79 Å². The lowest BCUT2D eigenvalue weighted by atomic mass is 9.95. The Balaban J connectivity index is 0.000000106. The molecule has 8 aromatic carbocycles. The molecule has 24 heteroatoms. The van der Waals surface area contributed by atoms with Crippen molar-refractivity contribution in [1.82, 2.24) is 101 Å². The van der Waals surface area contributed by atoms with Gasteiger partial charge in [0.25, 0.3) is 0 Å². The number of pyridine rings is 4. The molecule has 0 saturated carbocycles. The summed E-state index contributed by atoms with van der Waals surface area (Å²) >= 11 is 0. The minimum absolute atomic E-state index is 0.0519. The predicted molar refractivity (Wildman–Crippen MR) is 429 cm³/mol. The minimum Gasteiger partial charge on any atom is -0.397 e. The third-order valence-electron chi connectivity index (χ3n) is 18.7. The van der Waals surface area contributed by atoms with Gasteiger partial charge in [0.15, 0.2) is 23.3 Å². The van der Waals surface area contributed by atoms with Gasteiger partial charge in [-0.1, -0.05) is 93.6 Å². The Bertz CT molecular complexity index is 6600. The van der Waals surface area contributed by atoms with Crippen LogP contribution in [0.3, 0.4) is 0 Å². The molecule has 0 fully saturated rings. The van der Waals surface area contributed by atoms with Gasteiger partial charge in [0, 0.05) is 100 Å². The van der Waals surface area contributed by atoms with Gasteiger partial charge in [-0.05, 0) is 156 Å². The number of carbonyl (C=O) groups excluding carboxylic acids is 1. The van der Waals surface area contributed by atoms with E-state index in [-0.39, 0.29) is 5.91 Å². The number of amides is 1. The van der Waals surface area contributed by atoms with Gasteiger partial charge in [-0.15, -0.1) is 0 Å². The zero-order chi connectivity index (χ0) is 73.6. The molecule has 24 nitrogen and oxygen atoms in total. The largest absolute Gasteiger partial charge is 0.397 e. The number of rotatable bonds is 10. The van der Waals surface area contributed by atoms with Crippen molar-refractivity contribution in [2.45, 2.75) is 27.7 Å². The molecule has 20 aromatic rings. The van der Waals surface area contributed by atoms with Crippen LogP contribution in [0.4, 0.5) is 17.1 Å². The zero-order valence-corrected chi connectivity index (χ0v) is 59.4. The number of aromatic amines is 8. The number of hydrogen-bond acceptors (Lipinski definition) is 15. The van der Waals surface area contributed by atoms with E-state index in [0.29, 0.717) is 17.2 Å². The molecule has 12 heterocycles. The molecule has 0 spiro atoms. The fourth-order valence-electron chi connectivity index (χ4n) is 12.9. The van der Waals surface area contributed by atoms with E-state index in [4.69, 9.17) is 5.73 Å². The quantitative estimate of drug-likeness (QED) is 0.0608. The van der Waals surface area contributed by atoms with Crippen molar-refractivity contribution >= 4 is 111 Å². The molecule has 0 saturated heterocycles. The summed E-state index contributed by atoms with van der Waals surface area (Å²) in [6.45, 7) is 7.74. The monoisotopic (exact) mass is 1420 g/mol. The van der Waals surface area contributed by atoms with Crippen molar-refractivity contribution < 1.29 is 4.79 Å². The number of imidazole rings is 4. The lowest BCUT2D eigenvalue weighted by Gasteiger charge is -2.17. The first-order valence-electron chi connectivity index (χ1n) is 34.9. The Morgan fingerprint density at radius 2 is 0.750 bits per heavy atom. The molecular formula is C84H69N23O. The number of hydrogen-bond donors (Lipinski definition) is 10. The maximum atomic E-state index is 12.3. The molecule has 1 amide bonds. The molecule has 0 bridgehead atoms. The molecule has 0 aliphatic heterocycles. The molecule has 0 unspecified atom stereocenters. The summed E-state index contributed by atoms with van der Waals surface area (Å²) in [7, 11) is 4.03. The number of aryl methyl sites for hydroxylation is 1. The Labute approximate surface area is 615 Å². The summed E-state index contributed by atoms with van der Waals surface area (Å²) in [5.74, 6) is 2.94. The van der Waals surface area contributed by atoms with Crippen molar-refractivity contribution in [3.63, 3.8) is 0 Å². The second-order valence-corrected chi connectivity index (χ2v) is 27.4. The number of aromatic nitrogens is 20. The molecule has 0 atom stereocenters. The number of anilines is 3. The van der Waals surface area contributed by atoms with E-state index in [1.54, 1.807) is 24.8 Å². The summed E-state index contributed by atoms with van der Waals surface area (Å²) in [6, 6.07) is 64.6. The van der Waals surface area contributed by atoms with Crippen molar-refractivity contribution in [2.75, 3.05) is 30.0 Å². The van der Waals surface area contributed by atoms with Crippen LogP contribution in [0.5, 0.6) is 0 Å². The summed E-state index contributed by atoms with van der Waals surface area (Å²) < 4.78 is 0. The molecule has 526 valence electrons. The number of nitrogen functional groups attached to an aromatic ring is 1. The van der Waals surface area contributed by atoms with E-state index in [1.807, 2.05) is 210 Å². The van der Waals surface area contributed by atoms with Crippen LogP contribution in [0, 0.1) is 12.3 Å². The maximum absolute atomic E-state index is 12.3. The summed E-state index contributed by atoms with van der Waals surface area (Å²) in [6.07, 6.45) is 14.3. The van der Waals surface area contributed by atoms with Gasteiger partial charge >= 0.3 is 0 Å². The predicted octanol–water partition coefficient (Wildman–Crippen LogP) is 17.6. The highest BCUT2D eigenvalue weighted by atomic mass is 16.2. The maximum Gasteiger partial charge on any atom is 0.229 e. The van der Waals surface area contributed by atoms with Crippen LogP contribution in [-0.2, 0) is 4.79 Å². The molecule has 0 aliphatic rings. The molecule has 20 rings (SSSR count). The number of nitrogens with zero attached hydrogens (tertiary/aromatic N) is 13. The first-order chi connectivity index (χ1) is 52.6. The molecule has 12 aromatic heterocycles. The Hall–Kier alpha value is -14.8. The first-order valence-corrected chi connectivity index (χ1v) is 34.9. The lowest BCUT2D eigenvalue weighted by molar-refractivity contribution is -0.123. The summed E-state index contributed by atoms with van der Waals surface area (Å²) in [5, 5.41) is 37.3. The highest BCUT2D eigenvalue weighted by Gasteiger charge is 2.23.